The maximum atomic E-state index is 12.6. The van der Waals surface area contributed by atoms with Gasteiger partial charge in [-0.3, -0.25) is 4.79 Å². The molecule has 0 aliphatic heterocycles. The molecule has 1 radical (unpaired) electrons. The third-order valence-electron chi connectivity index (χ3n) is 2.63. The molecule has 0 amide bonds. The van der Waals surface area contributed by atoms with Crippen molar-refractivity contribution in [1.82, 2.24) is 0 Å². The fourth-order valence-electron chi connectivity index (χ4n) is 1.83. The van der Waals surface area contributed by atoms with Gasteiger partial charge in [-0.1, -0.05) is 12.8 Å². The molecule has 2 rings (SSSR count). The van der Waals surface area contributed by atoms with Crippen molar-refractivity contribution in [2.45, 2.75) is 25.7 Å². The van der Waals surface area contributed by atoms with Gasteiger partial charge in [-0.25, -0.2) is 4.39 Å². The van der Waals surface area contributed by atoms with Crippen LogP contribution in [0, 0.1) is 11.7 Å². The van der Waals surface area contributed by atoms with Gasteiger partial charge in [0.25, 0.3) is 0 Å². The zero-order valence-corrected chi connectivity index (χ0v) is 7.92. The van der Waals surface area contributed by atoms with Crippen molar-refractivity contribution in [2.75, 3.05) is 0 Å². The van der Waals surface area contributed by atoms with E-state index in [-0.39, 0.29) is 11.6 Å². The molecule has 1 aromatic carbocycles. The lowest BCUT2D eigenvalue weighted by Gasteiger charge is -2.06. The van der Waals surface area contributed by atoms with E-state index in [1.165, 1.54) is 12.1 Å². The fraction of sp³-hybridized carbons (Fsp3) is 0.333. The maximum absolute atomic E-state index is 12.6. The van der Waals surface area contributed by atoms with Gasteiger partial charge in [0.1, 0.15) is 5.82 Å². The van der Waals surface area contributed by atoms with E-state index in [0.29, 0.717) is 5.56 Å². The van der Waals surface area contributed by atoms with Crippen molar-refractivity contribution in [3.63, 3.8) is 0 Å². The maximum Gasteiger partial charge on any atom is 0.170 e. The van der Waals surface area contributed by atoms with Crippen LogP contribution in [0.5, 0.6) is 0 Å². The number of halogens is 1. The molecule has 1 aliphatic rings. The Balaban J connectivity index is 2.14. The van der Waals surface area contributed by atoms with Gasteiger partial charge in [-0.2, -0.15) is 0 Å². The number of rotatable bonds is 2. The van der Waals surface area contributed by atoms with E-state index >= 15 is 0 Å². The van der Waals surface area contributed by atoms with Crippen LogP contribution in [0.3, 0.4) is 0 Å². The number of hydrogen-bond donors (Lipinski definition) is 0. The molecule has 0 bridgehead atoms. The molecule has 2 heteroatoms. The zero-order valence-electron chi connectivity index (χ0n) is 7.92. The van der Waals surface area contributed by atoms with Gasteiger partial charge < -0.3 is 0 Å². The summed E-state index contributed by atoms with van der Waals surface area (Å²) in [6.45, 7) is 0. The Morgan fingerprint density at radius 3 is 2.21 bits per heavy atom. The molecule has 0 N–H and O–H groups in total. The SMILES string of the molecule is O=C([C]1CCCC1)c1ccc(F)cc1. The van der Waals surface area contributed by atoms with Crippen molar-refractivity contribution in [3.05, 3.63) is 41.6 Å². The van der Waals surface area contributed by atoms with Crippen LogP contribution in [-0.2, 0) is 0 Å². The number of Topliss-reactive ketones (excluding diaryl/α,β-unsaturated/α-hetero) is 1. The van der Waals surface area contributed by atoms with Gasteiger partial charge in [-0.05, 0) is 37.1 Å². The standard InChI is InChI=1S/C12H12FO/c13-11-7-5-10(6-8-11)12(14)9-3-1-2-4-9/h5-8H,1-4H2. The largest absolute Gasteiger partial charge is 0.294 e. The summed E-state index contributed by atoms with van der Waals surface area (Å²) in [7, 11) is 0. The monoisotopic (exact) mass is 191 g/mol. The van der Waals surface area contributed by atoms with Crippen LogP contribution in [0.15, 0.2) is 24.3 Å². The number of carbonyl (C=O) groups excluding carboxylic acids is 1. The van der Waals surface area contributed by atoms with Crippen molar-refractivity contribution in [2.24, 2.45) is 0 Å². The molecule has 0 saturated heterocycles. The van der Waals surface area contributed by atoms with Crippen LogP contribution in [0.2, 0.25) is 0 Å². The quantitative estimate of drug-likeness (QED) is 0.656. The molecule has 0 heterocycles. The smallest absolute Gasteiger partial charge is 0.170 e. The molecular formula is C12H12FO. The van der Waals surface area contributed by atoms with Crippen LogP contribution in [-0.4, -0.2) is 5.78 Å². The number of benzene rings is 1. The molecule has 1 fully saturated rings. The van der Waals surface area contributed by atoms with Gasteiger partial charge >= 0.3 is 0 Å². The molecule has 1 saturated carbocycles. The van der Waals surface area contributed by atoms with Gasteiger partial charge in [0.15, 0.2) is 5.78 Å². The third-order valence-corrected chi connectivity index (χ3v) is 2.63. The number of hydrogen-bond acceptors (Lipinski definition) is 1. The molecule has 1 nitrogen and oxygen atoms in total. The highest BCUT2D eigenvalue weighted by atomic mass is 19.1. The van der Waals surface area contributed by atoms with E-state index in [4.69, 9.17) is 0 Å². The van der Waals surface area contributed by atoms with E-state index in [1.54, 1.807) is 12.1 Å². The van der Waals surface area contributed by atoms with Gasteiger partial charge in [-0.15, -0.1) is 0 Å². The Bertz CT molecular complexity index is 323. The fourth-order valence-corrected chi connectivity index (χ4v) is 1.83. The first kappa shape index (κ1) is 9.38. The lowest BCUT2D eigenvalue weighted by atomic mass is 9.96. The predicted octanol–water partition coefficient (Wildman–Crippen LogP) is 3.16. The average Bonchev–Trinajstić information content (AvgIpc) is 2.71. The van der Waals surface area contributed by atoms with Crippen LogP contribution in [0.1, 0.15) is 36.0 Å². The van der Waals surface area contributed by atoms with Crippen LogP contribution < -0.4 is 0 Å². The average molecular weight is 191 g/mol. The summed E-state index contributed by atoms with van der Waals surface area (Å²) in [5, 5.41) is 0. The normalized spacial score (nSPS) is 17.2. The van der Waals surface area contributed by atoms with Gasteiger partial charge in [0.05, 0.1) is 0 Å². The Morgan fingerprint density at radius 2 is 1.64 bits per heavy atom. The molecule has 1 aliphatic carbocycles. The first-order valence-electron chi connectivity index (χ1n) is 4.92. The third kappa shape index (κ3) is 1.84. The molecule has 0 atom stereocenters. The lowest BCUT2D eigenvalue weighted by molar-refractivity contribution is 0.100. The van der Waals surface area contributed by atoms with Crippen LogP contribution in [0.25, 0.3) is 0 Å². The van der Waals surface area contributed by atoms with Crippen LogP contribution in [0.4, 0.5) is 4.39 Å². The molecule has 1 aromatic rings. The van der Waals surface area contributed by atoms with Crippen molar-refractivity contribution < 1.29 is 9.18 Å². The second-order valence-electron chi connectivity index (χ2n) is 3.65. The number of carbonyl (C=O) groups is 1. The summed E-state index contributed by atoms with van der Waals surface area (Å²) in [6.07, 6.45) is 4.05. The predicted molar refractivity (Wildman–Crippen MR) is 52.4 cm³/mol. The van der Waals surface area contributed by atoms with E-state index in [9.17, 15) is 9.18 Å². The molecular weight excluding hydrogens is 179 g/mol. The molecule has 73 valence electrons. The highest BCUT2D eigenvalue weighted by Gasteiger charge is 2.24. The van der Waals surface area contributed by atoms with E-state index in [1.807, 2.05) is 0 Å². The Hall–Kier alpha value is -1.18. The van der Waals surface area contributed by atoms with Gasteiger partial charge in [0.2, 0.25) is 0 Å². The number of ketones is 1. The molecule has 0 unspecified atom stereocenters. The summed E-state index contributed by atoms with van der Waals surface area (Å²) >= 11 is 0. The van der Waals surface area contributed by atoms with E-state index in [2.05, 4.69) is 0 Å². The van der Waals surface area contributed by atoms with Crippen LogP contribution >= 0.6 is 0 Å². The van der Waals surface area contributed by atoms with E-state index in [0.717, 1.165) is 31.6 Å². The highest BCUT2D eigenvalue weighted by molar-refractivity contribution is 6.06. The van der Waals surface area contributed by atoms with Crippen molar-refractivity contribution in [3.8, 4) is 0 Å². The summed E-state index contributed by atoms with van der Waals surface area (Å²) in [6, 6.07) is 5.79. The minimum Gasteiger partial charge on any atom is -0.294 e. The first-order chi connectivity index (χ1) is 6.77. The minimum atomic E-state index is -0.294. The summed E-state index contributed by atoms with van der Waals surface area (Å²) in [5.74, 6) is 0.803. The second-order valence-corrected chi connectivity index (χ2v) is 3.65. The Kier molecular flexibility index (Phi) is 2.62. The molecule has 14 heavy (non-hydrogen) atoms. The van der Waals surface area contributed by atoms with Crippen molar-refractivity contribution >= 4 is 5.78 Å². The topological polar surface area (TPSA) is 17.1 Å². The molecule has 0 spiro atoms. The Morgan fingerprint density at radius 1 is 1.07 bits per heavy atom. The summed E-state index contributed by atoms with van der Waals surface area (Å²) in [5.41, 5.74) is 0.614. The Labute approximate surface area is 82.9 Å². The van der Waals surface area contributed by atoms with E-state index < -0.39 is 0 Å². The first-order valence-corrected chi connectivity index (χ1v) is 4.92. The van der Waals surface area contributed by atoms with Crippen molar-refractivity contribution in [1.29, 1.82) is 0 Å². The second kappa shape index (κ2) is 3.91. The highest BCUT2D eigenvalue weighted by Crippen LogP contribution is 2.29. The zero-order chi connectivity index (χ0) is 9.97. The molecule has 0 aromatic heterocycles. The summed E-state index contributed by atoms with van der Waals surface area (Å²) < 4.78 is 12.6. The minimum absolute atomic E-state index is 0.0995. The summed E-state index contributed by atoms with van der Waals surface area (Å²) in [4.78, 5) is 11.8. The lowest BCUT2D eigenvalue weighted by Crippen LogP contribution is -2.08. The van der Waals surface area contributed by atoms with Gasteiger partial charge in [0, 0.05) is 11.5 Å².